The first kappa shape index (κ1) is 12.3. The van der Waals surface area contributed by atoms with Crippen molar-refractivity contribution in [1.29, 1.82) is 0 Å². The summed E-state index contributed by atoms with van der Waals surface area (Å²) in [6.45, 7) is 4.00. The molecule has 0 aromatic heterocycles. The zero-order valence-electron chi connectivity index (χ0n) is 10.5. The van der Waals surface area contributed by atoms with Crippen LogP contribution in [0.4, 0.5) is 0 Å². The van der Waals surface area contributed by atoms with E-state index >= 15 is 0 Å². The first-order valence-corrected chi connectivity index (χ1v) is 6.55. The van der Waals surface area contributed by atoms with Gasteiger partial charge in [0.15, 0.2) is 0 Å². The molecule has 0 aliphatic carbocycles. The molecule has 2 nitrogen and oxygen atoms in total. The molecular weight excluding hydrogens is 210 g/mol. The molecule has 0 saturated carbocycles. The molecule has 0 bridgehead atoms. The Bertz CT molecular complexity index is 366. The summed E-state index contributed by atoms with van der Waals surface area (Å²) >= 11 is 0. The highest BCUT2D eigenvalue weighted by Crippen LogP contribution is 2.32. The van der Waals surface area contributed by atoms with E-state index in [0.717, 1.165) is 32.4 Å². The van der Waals surface area contributed by atoms with Crippen molar-refractivity contribution in [2.45, 2.75) is 32.6 Å². The molecule has 92 valence electrons. The normalized spacial score (nSPS) is 23.8. The summed E-state index contributed by atoms with van der Waals surface area (Å²) in [5.74, 6) is 0.439. The summed E-state index contributed by atoms with van der Waals surface area (Å²) in [7, 11) is 0. The van der Waals surface area contributed by atoms with Gasteiger partial charge in [-0.3, -0.25) is 4.79 Å². The van der Waals surface area contributed by atoms with Crippen LogP contribution in [0, 0.1) is 5.41 Å². The number of carbonyl (C=O) groups excluding carboxylic acids is 1. The van der Waals surface area contributed by atoms with Crippen molar-refractivity contribution in [1.82, 2.24) is 5.32 Å². The molecule has 1 fully saturated rings. The Hall–Kier alpha value is -1.15. The second kappa shape index (κ2) is 5.46. The SMILES string of the molecule is CCC1(C(=O)CCc2ccccc2)CCNC1. The number of rotatable bonds is 5. The van der Waals surface area contributed by atoms with Gasteiger partial charge >= 0.3 is 0 Å². The van der Waals surface area contributed by atoms with E-state index in [0.29, 0.717) is 12.2 Å². The molecule has 17 heavy (non-hydrogen) atoms. The highest BCUT2D eigenvalue weighted by Gasteiger charge is 2.38. The third-order valence-corrected chi connectivity index (χ3v) is 4.00. The summed E-state index contributed by atoms with van der Waals surface area (Å²) in [5.41, 5.74) is 1.19. The number of aryl methyl sites for hydroxylation is 1. The van der Waals surface area contributed by atoms with E-state index in [2.05, 4.69) is 24.4 Å². The van der Waals surface area contributed by atoms with Crippen molar-refractivity contribution in [3.05, 3.63) is 35.9 Å². The van der Waals surface area contributed by atoms with E-state index in [-0.39, 0.29) is 5.41 Å². The second-order valence-corrected chi connectivity index (χ2v) is 4.97. The predicted octanol–water partition coefficient (Wildman–Crippen LogP) is 2.58. The first-order valence-electron chi connectivity index (χ1n) is 6.55. The molecule has 0 radical (unpaired) electrons. The second-order valence-electron chi connectivity index (χ2n) is 4.97. The Morgan fingerprint density at radius 1 is 1.35 bits per heavy atom. The van der Waals surface area contributed by atoms with Crippen molar-refractivity contribution < 1.29 is 4.79 Å². The Balaban J connectivity index is 1.93. The molecule has 1 saturated heterocycles. The molecule has 1 aromatic rings. The van der Waals surface area contributed by atoms with Crippen LogP contribution in [0.2, 0.25) is 0 Å². The molecule has 0 amide bonds. The Morgan fingerprint density at radius 2 is 2.12 bits per heavy atom. The van der Waals surface area contributed by atoms with Gasteiger partial charge in [-0.1, -0.05) is 37.3 Å². The zero-order chi connectivity index (χ0) is 12.1. The summed E-state index contributed by atoms with van der Waals surface area (Å²) in [5, 5.41) is 3.32. The van der Waals surface area contributed by atoms with Gasteiger partial charge in [0.1, 0.15) is 5.78 Å². The van der Waals surface area contributed by atoms with Crippen LogP contribution < -0.4 is 5.32 Å². The van der Waals surface area contributed by atoms with Crippen LogP contribution in [0.15, 0.2) is 30.3 Å². The number of benzene rings is 1. The minimum Gasteiger partial charge on any atom is -0.316 e. The molecule has 1 heterocycles. The monoisotopic (exact) mass is 231 g/mol. The molecule has 2 rings (SSSR count). The van der Waals surface area contributed by atoms with Gasteiger partial charge in [-0.05, 0) is 31.4 Å². The van der Waals surface area contributed by atoms with Gasteiger partial charge in [-0.15, -0.1) is 0 Å². The van der Waals surface area contributed by atoms with Crippen molar-refractivity contribution in [3.8, 4) is 0 Å². The largest absolute Gasteiger partial charge is 0.316 e. The van der Waals surface area contributed by atoms with E-state index < -0.39 is 0 Å². The summed E-state index contributed by atoms with van der Waals surface area (Å²) in [4.78, 5) is 12.3. The minimum atomic E-state index is -0.0746. The first-order chi connectivity index (χ1) is 8.27. The van der Waals surface area contributed by atoms with E-state index in [9.17, 15) is 4.79 Å². The summed E-state index contributed by atoms with van der Waals surface area (Å²) < 4.78 is 0. The molecule has 0 spiro atoms. The average Bonchev–Trinajstić information content (AvgIpc) is 2.87. The van der Waals surface area contributed by atoms with Crippen LogP contribution >= 0.6 is 0 Å². The molecule has 1 aliphatic rings. The number of carbonyl (C=O) groups is 1. The van der Waals surface area contributed by atoms with E-state index in [1.165, 1.54) is 5.56 Å². The van der Waals surface area contributed by atoms with Gasteiger partial charge in [0.05, 0.1) is 0 Å². The molecule has 1 aliphatic heterocycles. The van der Waals surface area contributed by atoms with Gasteiger partial charge < -0.3 is 5.32 Å². The Labute approximate surface area is 103 Å². The van der Waals surface area contributed by atoms with E-state index in [1.807, 2.05) is 18.2 Å². The van der Waals surface area contributed by atoms with Gasteiger partial charge in [-0.25, -0.2) is 0 Å². The molecule has 1 unspecified atom stereocenters. The lowest BCUT2D eigenvalue weighted by atomic mass is 9.78. The van der Waals surface area contributed by atoms with Crippen LogP contribution in [-0.4, -0.2) is 18.9 Å². The highest BCUT2D eigenvalue weighted by molar-refractivity contribution is 5.85. The molecule has 1 N–H and O–H groups in total. The van der Waals surface area contributed by atoms with Crippen molar-refractivity contribution in [2.75, 3.05) is 13.1 Å². The molecule has 2 heteroatoms. The Kier molecular flexibility index (Phi) is 3.95. The quantitative estimate of drug-likeness (QED) is 0.844. The lowest BCUT2D eigenvalue weighted by Gasteiger charge is -2.24. The maximum Gasteiger partial charge on any atom is 0.140 e. The summed E-state index contributed by atoms with van der Waals surface area (Å²) in [6, 6.07) is 10.3. The third kappa shape index (κ3) is 2.75. The number of ketones is 1. The Morgan fingerprint density at radius 3 is 2.71 bits per heavy atom. The van der Waals surface area contributed by atoms with Gasteiger partial charge in [0, 0.05) is 18.4 Å². The fourth-order valence-corrected chi connectivity index (χ4v) is 2.65. The van der Waals surface area contributed by atoms with E-state index in [1.54, 1.807) is 0 Å². The van der Waals surface area contributed by atoms with Crippen LogP contribution in [0.1, 0.15) is 31.7 Å². The maximum absolute atomic E-state index is 12.3. The highest BCUT2D eigenvalue weighted by atomic mass is 16.1. The lowest BCUT2D eigenvalue weighted by Crippen LogP contribution is -2.33. The average molecular weight is 231 g/mol. The molecular formula is C15H21NO. The smallest absolute Gasteiger partial charge is 0.140 e. The van der Waals surface area contributed by atoms with Crippen molar-refractivity contribution in [2.24, 2.45) is 5.41 Å². The van der Waals surface area contributed by atoms with Crippen molar-refractivity contribution in [3.63, 3.8) is 0 Å². The minimum absolute atomic E-state index is 0.0746. The fraction of sp³-hybridized carbons (Fsp3) is 0.533. The van der Waals surface area contributed by atoms with Crippen LogP contribution in [-0.2, 0) is 11.2 Å². The fourth-order valence-electron chi connectivity index (χ4n) is 2.65. The van der Waals surface area contributed by atoms with Gasteiger partial charge in [0.2, 0.25) is 0 Å². The number of hydrogen-bond acceptors (Lipinski definition) is 2. The van der Waals surface area contributed by atoms with Crippen LogP contribution in [0.5, 0.6) is 0 Å². The molecule has 1 aromatic carbocycles. The number of nitrogens with one attached hydrogen (secondary N) is 1. The number of hydrogen-bond donors (Lipinski definition) is 1. The lowest BCUT2D eigenvalue weighted by molar-refractivity contribution is -0.128. The van der Waals surface area contributed by atoms with Crippen LogP contribution in [0.25, 0.3) is 0 Å². The topological polar surface area (TPSA) is 29.1 Å². The van der Waals surface area contributed by atoms with Gasteiger partial charge in [-0.2, -0.15) is 0 Å². The van der Waals surface area contributed by atoms with Crippen LogP contribution in [0.3, 0.4) is 0 Å². The third-order valence-electron chi connectivity index (χ3n) is 4.00. The van der Waals surface area contributed by atoms with Crippen molar-refractivity contribution >= 4 is 5.78 Å². The van der Waals surface area contributed by atoms with E-state index in [4.69, 9.17) is 0 Å². The zero-order valence-corrected chi connectivity index (χ0v) is 10.5. The molecule has 1 atom stereocenters. The standard InChI is InChI=1S/C15H21NO/c1-2-15(10-11-16-12-15)14(17)9-8-13-6-4-3-5-7-13/h3-7,16H,2,8-12H2,1H3. The summed E-state index contributed by atoms with van der Waals surface area (Å²) in [6.07, 6.45) is 3.53. The predicted molar refractivity (Wildman–Crippen MR) is 70.0 cm³/mol. The number of Topliss-reactive ketones (excluding diaryl/α,β-unsaturated/α-hetero) is 1. The van der Waals surface area contributed by atoms with Gasteiger partial charge in [0.25, 0.3) is 0 Å². The maximum atomic E-state index is 12.3.